The van der Waals surface area contributed by atoms with Crippen LogP contribution in [0.4, 0.5) is 0 Å². The zero-order valence-corrected chi connectivity index (χ0v) is 11.1. The summed E-state index contributed by atoms with van der Waals surface area (Å²) >= 11 is 1.61. The predicted molar refractivity (Wildman–Crippen MR) is 71.7 cm³/mol. The summed E-state index contributed by atoms with van der Waals surface area (Å²) in [5.74, 6) is 0.319. The summed E-state index contributed by atoms with van der Waals surface area (Å²) < 4.78 is -0.586. The minimum absolute atomic E-state index is 0.586. The second-order valence-corrected chi connectivity index (χ2v) is 6.28. The smallest absolute Gasteiger partial charge is 0.320 e. The van der Waals surface area contributed by atoms with Crippen molar-refractivity contribution in [2.24, 2.45) is 0 Å². The van der Waals surface area contributed by atoms with Crippen molar-refractivity contribution in [1.29, 1.82) is 0 Å². The fourth-order valence-electron chi connectivity index (χ4n) is 2.49. The van der Waals surface area contributed by atoms with Gasteiger partial charge >= 0.3 is 5.97 Å². The molecular weight excluding hydrogens is 232 g/mol. The molecule has 1 aliphatic heterocycles. The van der Waals surface area contributed by atoms with Crippen LogP contribution < -0.4 is 0 Å². The maximum absolute atomic E-state index is 11.5. The monoisotopic (exact) mass is 250 g/mol. The number of benzene rings is 1. The Bertz CT molecular complexity index is 414. The van der Waals surface area contributed by atoms with Crippen LogP contribution in [0.15, 0.2) is 18.2 Å². The Hall–Kier alpha value is -0.960. The Morgan fingerprint density at radius 3 is 2.53 bits per heavy atom. The van der Waals surface area contributed by atoms with Crippen LogP contribution in [0.1, 0.15) is 29.5 Å². The van der Waals surface area contributed by atoms with Gasteiger partial charge < -0.3 is 5.11 Å². The number of carbonyl (C=O) groups is 1. The highest BCUT2D eigenvalue weighted by molar-refractivity contribution is 8.01. The van der Waals surface area contributed by atoms with Crippen LogP contribution in [0.2, 0.25) is 0 Å². The summed E-state index contributed by atoms with van der Waals surface area (Å²) in [4.78, 5) is 11.5. The molecule has 1 heterocycles. The lowest BCUT2D eigenvalue weighted by Gasteiger charge is -2.24. The minimum Gasteiger partial charge on any atom is -0.480 e. The Labute approximate surface area is 106 Å². The number of aryl methyl sites for hydroxylation is 2. The summed E-state index contributed by atoms with van der Waals surface area (Å²) in [7, 11) is 0. The highest BCUT2D eigenvalue weighted by atomic mass is 32.2. The quantitative estimate of drug-likeness (QED) is 0.895. The molecule has 1 aliphatic rings. The van der Waals surface area contributed by atoms with Gasteiger partial charge in [0.1, 0.15) is 4.75 Å². The Morgan fingerprint density at radius 1 is 1.41 bits per heavy atom. The Balaban J connectivity index is 2.33. The normalized spacial score (nSPS) is 23.9. The Morgan fingerprint density at radius 2 is 2.06 bits per heavy atom. The van der Waals surface area contributed by atoms with E-state index in [1.807, 2.05) is 6.07 Å². The summed E-state index contributed by atoms with van der Waals surface area (Å²) in [5, 5.41) is 9.49. The van der Waals surface area contributed by atoms with Crippen molar-refractivity contribution in [3.8, 4) is 0 Å². The summed E-state index contributed by atoms with van der Waals surface area (Å²) in [5.41, 5.74) is 3.63. The predicted octanol–water partition coefficient (Wildman–Crippen LogP) is 3.20. The van der Waals surface area contributed by atoms with E-state index in [1.54, 1.807) is 11.8 Å². The highest BCUT2D eigenvalue weighted by Crippen LogP contribution is 2.42. The van der Waals surface area contributed by atoms with Gasteiger partial charge in [-0.2, -0.15) is 0 Å². The Kier molecular flexibility index (Phi) is 3.48. The number of carboxylic acid groups (broad SMARTS) is 1. The molecule has 2 rings (SSSR count). The average molecular weight is 250 g/mol. The molecule has 0 bridgehead atoms. The third-order valence-electron chi connectivity index (χ3n) is 3.60. The topological polar surface area (TPSA) is 37.3 Å². The van der Waals surface area contributed by atoms with Gasteiger partial charge in [-0.25, -0.2) is 0 Å². The summed E-state index contributed by atoms with van der Waals surface area (Å²) in [6, 6.07) is 6.17. The van der Waals surface area contributed by atoms with E-state index in [0.29, 0.717) is 6.42 Å². The van der Waals surface area contributed by atoms with Gasteiger partial charge in [-0.3, -0.25) is 4.79 Å². The number of hydrogen-bond acceptors (Lipinski definition) is 2. The van der Waals surface area contributed by atoms with Crippen molar-refractivity contribution < 1.29 is 9.90 Å². The molecule has 1 unspecified atom stereocenters. The van der Waals surface area contributed by atoms with Crippen molar-refractivity contribution in [1.82, 2.24) is 0 Å². The molecule has 0 aromatic heterocycles. The van der Waals surface area contributed by atoms with E-state index in [0.717, 1.165) is 18.6 Å². The molecular formula is C14H18O2S. The molecule has 3 heteroatoms. The second kappa shape index (κ2) is 4.73. The van der Waals surface area contributed by atoms with Gasteiger partial charge in [0.15, 0.2) is 0 Å². The molecule has 2 nitrogen and oxygen atoms in total. The molecule has 92 valence electrons. The first kappa shape index (κ1) is 12.5. The fourth-order valence-corrected chi connectivity index (χ4v) is 3.83. The molecule has 17 heavy (non-hydrogen) atoms. The van der Waals surface area contributed by atoms with Crippen LogP contribution in [0.5, 0.6) is 0 Å². The van der Waals surface area contributed by atoms with E-state index in [-0.39, 0.29) is 0 Å². The van der Waals surface area contributed by atoms with Crippen LogP contribution in [-0.4, -0.2) is 21.6 Å². The van der Waals surface area contributed by atoms with Gasteiger partial charge in [-0.15, -0.1) is 11.8 Å². The van der Waals surface area contributed by atoms with Crippen LogP contribution in [-0.2, 0) is 11.2 Å². The van der Waals surface area contributed by atoms with Crippen molar-refractivity contribution in [2.75, 3.05) is 5.75 Å². The molecule has 0 aliphatic carbocycles. The van der Waals surface area contributed by atoms with E-state index in [1.165, 1.54) is 16.7 Å². The van der Waals surface area contributed by atoms with Gasteiger partial charge in [0, 0.05) is 0 Å². The second-order valence-electron chi connectivity index (χ2n) is 4.80. The van der Waals surface area contributed by atoms with Crippen LogP contribution >= 0.6 is 11.8 Å². The first-order valence-electron chi connectivity index (χ1n) is 5.98. The summed E-state index contributed by atoms with van der Waals surface area (Å²) in [6.45, 7) is 4.13. The molecule has 1 fully saturated rings. The van der Waals surface area contributed by atoms with Gasteiger partial charge in [-0.05, 0) is 55.6 Å². The zero-order chi connectivity index (χ0) is 12.5. The standard InChI is InChI=1S/C14H18O2S/c1-10-5-3-6-11(2)12(10)9-14(13(15)16)7-4-8-17-14/h3,5-6H,4,7-9H2,1-2H3,(H,15,16). The number of aliphatic carboxylic acids is 1. The van der Waals surface area contributed by atoms with Gasteiger partial charge in [0.05, 0.1) is 0 Å². The molecule has 0 amide bonds. The van der Waals surface area contributed by atoms with Crippen LogP contribution in [0.25, 0.3) is 0 Å². The minimum atomic E-state index is -0.650. The number of carboxylic acids is 1. The number of thioether (sulfide) groups is 1. The average Bonchev–Trinajstić information content (AvgIpc) is 2.73. The van der Waals surface area contributed by atoms with Crippen LogP contribution in [0.3, 0.4) is 0 Å². The molecule has 1 N–H and O–H groups in total. The third kappa shape index (κ3) is 2.34. The lowest BCUT2D eigenvalue weighted by atomic mass is 9.89. The SMILES string of the molecule is Cc1cccc(C)c1CC1(C(=O)O)CCCS1. The molecule has 1 atom stereocenters. The number of rotatable bonds is 3. The maximum atomic E-state index is 11.5. The van der Waals surface area contributed by atoms with Crippen LogP contribution in [0, 0.1) is 13.8 Å². The largest absolute Gasteiger partial charge is 0.480 e. The van der Waals surface area contributed by atoms with Gasteiger partial charge in [0.25, 0.3) is 0 Å². The highest BCUT2D eigenvalue weighted by Gasteiger charge is 2.42. The van der Waals surface area contributed by atoms with E-state index in [9.17, 15) is 9.90 Å². The van der Waals surface area contributed by atoms with Crippen molar-refractivity contribution in [3.63, 3.8) is 0 Å². The molecule has 1 aromatic carbocycles. The van der Waals surface area contributed by atoms with E-state index in [2.05, 4.69) is 26.0 Å². The maximum Gasteiger partial charge on any atom is 0.320 e. The molecule has 1 saturated heterocycles. The van der Waals surface area contributed by atoms with Gasteiger partial charge in [-0.1, -0.05) is 18.2 Å². The summed E-state index contributed by atoms with van der Waals surface area (Å²) in [6.07, 6.45) is 2.47. The molecule has 0 radical (unpaired) electrons. The van der Waals surface area contributed by atoms with Gasteiger partial charge in [0.2, 0.25) is 0 Å². The fraction of sp³-hybridized carbons (Fsp3) is 0.500. The first-order chi connectivity index (χ1) is 8.05. The molecule has 0 spiro atoms. The van der Waals surface area contributed by atoms with Crippen molar-refractivity contribution >= 4 is 17.7 Å². The molecule has 1 aromatic rings. The first-order valence-corrected chi connectivity index (χ1v) is 6.96. The van der Waals surface area contributed by atoms with E-state index in [4.69, 9.17) is 0 Å². The van der Waals surface area contributed by atoms with E-state index < -0.39 is 10.7 Å². The lowest BCUT2D eigenvalue weighted by Crippen LogP contribution is -2.35. The lowest BCUT2D eigenvalue weighted by molar-refractivity contribution is -0.139. The van der Waals surface area contributed by atoms with Crippen molar-refractivity contribution in [3.05, 3.63) is 34.9 Å². The van der Waals surface area contributed by atoms with Crippen molar-refractivity contribution in [2.45, 2.75) is 37.9 Å². The zero-order valence-electron chi connectivity index (χ0n) is 10.3. The van der Waals surface area contributed by atoms with E-state index >= 15 is 0 Å². The third-order valence-corrected chi connectivity index (χ3v) is 5.17. The number of hydrogen-bond donors (Lipinski definition) is 1. The molecule has 0 saturated carbocycles.